The summed E-state index contributed by atoms with van der Waals surface area (Å²) in [6, 6.07) is 8.63. The summed E-state index contributed by atoms with van der Waals surface area (Å²) in [5.74, 6) is -3.15. The molecule has 0 fully saturated rings. The van der Waals surface area contributed by atoms with Crippen LogP contribution in [0.15, 0.2) is 47.4 Å². The van der Waals surface area contributed by atoms with Crippen LogP contribution in [0.2, 0.25) is 5.02 Å². The highest BCUT2D eigenvalue weighted by molar-refractivity contribution is 7.91. The van der Waals surface area contributed by atoms with Crippen molar-refractivity contribution in [2.45, 2.75) is 11.3 Å². The zero-order chi connectivity index (χ0) is 17.0. The van der Waals surface area contributed by atoms with Gasteiger partial charge in [0.25, 0.3) is 0 Å². The molecule has 2 aromatic rings. The Kier molecular flexibility index (Phi) is 5.33. The molecule has 0 atom stereocenters. The molecule has 0 unspecified atom stereocenters. The van der Waals surface area contributed by atoms with E-state index in [2.05, 4.69) is 0 Å². The average Bonchev–Trinajstić information content (AvgIpc) is 2.50. The van der Waals surface area contributed by atoms with Crippen molar-refractivity contribution in [3.8, 4) is 0 Å². The third-order valence-electron chi connectivity index (χ3n) is 3.00. The molecule has 0 radical (unpaired) electrons. The Morgan fingerprint density at radius 2 is 1.61 bits per heavy atom. The van der Waals surface area contributed by atoms with Crippen molar-refractivity contribution in [2.24, 2.45) is 0 Å². The van der Waals surface area contributed by atoms with Crippen molar-refractivity contribution in [3.05, 3.63) is 59.1 Å². The Labute approximate surface area is 137 Å². The standard InChI is InChI=1S/C15H12ClF2NO3S/c16-10-4-6-11(7-5-10)23(21,22)9-8-14(20)19-15-12(17)2-1-3-13(15)18/h1-7H,8-9H2,(H,19,20). The predicted molar refractivity (Wildman–Crippen MR) is 83.1 cm³/mol. The largest absolute Gasteiger partial charge is 0.321 e. The minimum atomic E-state index is -3.69. The van der Waals surface area contributed by atoms with Gasteiger partial charge < -0.3 is 5.32 Å². The molecule has 2 aromatic carbocycles. The van der Waals surface area contributed by atoms with E-state index in [4.69, 9.17) is 11.6 Å². The number of nitrogens with one attached hydrogen (secondary N) is 1. The van der Waals surface area contributed by atoms with E-state index < -0.39 is 45.2 Å². The molecule has 0 spiro atoms. The van der Waals surface area contributed by atoms with E-state index in [9.17, 15) is 22.0 Å². The first-order valence-electron chi connectivity index (χ1n) is 6.52. The van der Waals surface area contributed by atoms with Crippen molar-refractivity contribution in [2.75, 3.05) is 11.1 Å². The average molecular weight is 360 g/mol. The summed E-state index contributed by atoms with van der Waals surface area (Å²) < 4.78 is 50.9. The first-order chi connectivity index (χ1) is 10.8. The molecule has 0 aliphatic rings. The van der Waals surface area contributed by atoms with Crippen molar-refractivity contribution in [1.82, 2.24) is 0 Å². The molecule has 0 saturated heterocycles. The number of halogens is 3. The van der Waals surface area contributed by atoms with E-state index in [0.717, 1.165) is 18.2 Å². The Bertz CT molecular complexity index is 803. The van der Waals surface area contributed by atoms with Crippen LogP contribution in [0.5, 0.6) is 0 Å². The molecule has 1 amide bonds. The summed E-state index contributed by atoms with van der Waals surface area (Å²) >= 11 is 5.68. The normalized spacial score (nSPS) is 11.3. The summed E-state index contributed by atoms with van der Waals surface area (Å²) in [6.45, 7) is 0. The highest BCUT2D eigenvalue weighted by Gasteiger charge is 2.18. The van der Waals surface area contributed by atoms with Gasteiger partial charge in [-0.3, -0.25) is 4.79 Å². The number of benzene rings is 2. The van der Waals surface area contributed by atoms with Gasteiger partial charge in [-0.25, -0.2) is 17.2 Å². The fourth-order valence-electron chi connectivity index (χ4n) is 1.81. The highest BCUT2D eigenvalue weighted by Crippen LogP contribution is 2.19. The second-order valence-electron chi connectivity index (χ2n) is 4.67. The van der Waals surface area contributed by atoms with Crippen LogP contribution in [0.25, 0.3) is 0 Å². The lowest BCUT2D eigenvalue weighted by molar-refractivity contribution is -0.115. The minimum absolute atomic E-state index is 0.0202. The fourth-order valence-corrected chi connectivity index (χ4v) is 3.17. The van der Waals surface area contributed by atoms with Crippen molar-refractivity contribution in [3.63, 3.8) is 0 Å². The van der Waals surface area contributed by atoms with Gasteiger partial charge in [-0.05, 0) is 36.4 Å². The van der Waals surface area contributed by atoms with E-state index in [-0.39, 0.29) is 4.90 Å². The van der Waals surface area contributed by atoms with Crippen LogP contribution in [0.3, 0.4) is 0 Å². The number of carbonyl (C=O) groups is 1. The number of amides is 1. The van der Waals surface area contributed by atoms with E-state index in [1.165, 1.54) is 24.3 Å². The number of sulfone groups is 1. The van der Waals surface area contributed by atoms with E-state index in [1.54, 1.807) is 0 Å². The van der Waals surface area contributed by atoms with Gasteiger partial charge in [0.15, 0.2) is 9.84 Å². The van der Waals surface area contributed by atoms with E-state index in [0.29, 0.717) is 5.02 Å². The maximum absolute atomic E-state index is 13.4. The minimum Gasteiger partial charge on any atom is -0.321 e. The van der Waals surface area contributed by atoms with Gasteiger partial charge in [0.1, 0.15) is 17.3 Å². The first-order valence-corrected chi connectivity index (χ1v) is 8.55. The number of hydrogen-bond donors (Lipinski definition) is 1. The molecule has 1 N–H and O–H groups in total. The van der Waals surface area contributed by atoms with Crippen molar-refractivity contribution >= 4 is 33.0 Å². The molecular weight excluding hydrogens is 348 g/mol. The van der Waals surface area contributed by atoms with Gasteiger partial charge in [0.05, 0.1) is 10.6 Å². The summed E-state index contributed by atoms with van der Waals surface area (Å²) in [4.78, 5) is 11.7. The Morgan fingerprint density at radius 3 is 2.17 bits per heavy atom. The molecule has 0 aliphatic heterocycles. The summed E-state index contributed by atoms with van der Waals surface area (Å²) in [7, 11) is -3.69. The molecule has 0 heterocycles. The van der Waals surface area contributed by atoms with E-state index in [1.807, 2.05) is 5.32 Å². The van der Waals surface area contributed by atoms with Crippen LogP contribution >= 0.6 is 11.6 Å². The Hall–Kier alpha value is -1.99. The van der Waals surface area contributed by atoms with Gasteiger partial charge in [0, 0.05) is 11.4 Å². The first kappa shape index (κ1) is 17.4. The number of carbonyl (C=O) groups excluding carboxylic acids is 1. The van der Waals surface area contributed by atoms with E-state index >= 15 is 0 Å². The zero-order valence-electron chi connectivity index (χ0n) is 11.7. The van der Waals surface area contributed by atoms with Crippen molar-refractivity contribution < 1.29 is 22.0 Å². The van der Waals surface area contributed by atoms with Crippen LogP contribution in [-0.4, -0.2) is 20.1 Å². The number of hydrogen-bond acceptors (Lipinski definition) is 3. The lowest BCUT2D eigenvalue weighted by Crippen LogP contribution is -2.18. The molecule has 0 aliphatic carbocycles. The summed E-state index contributed by atoms with van der Waals surface area (Å²) in [6.07, 6.45) is -0.432. The van der Waals surface area contributed by atoms with Crippen LogP contribution in [-0.2, 0) is 14.6 Å². The third kappa shape index (κ3) is 4.49. The molecule has 23 heavy (non-hydrogen) atoms. The topological polar surface area (TPSA) is 63.2 Å². The monoisotopic (exact) mass is 359 g/mol. The zero-order valence-corrected chi connectivity index (χ0v) is 13.3. The Morgan fingerprint density at radius 1 is 1.04 bits per heavy atom. The summed E-state index contributed by atoms with van der Waals surface area (Å²) in [5, 5.41) is 2.42. The van der Waals surface area contributed by atoms with Gasteiger partial charge in [-0.2, -0.15) is 0 Å². The van der Waals surface area contributed by atoms with Crippen LogP contribution in [0.4, 0.5) is 14.5 Å². The fraction of sp³-hybridized carbons (Fsp3) is 0.133. The highest BCUT2D eigenvalue weighted by atomic mass is 35.5. The molecule has 2 rings (SSSR count). The molecule has 0 bridgehead atoms. The van der Waals surface area contributed by atoms with Crippen LogP contribution in [0, 0.1) is 11.6 Å². The number of para-hydroxylation sites is 1. The molecule has 0 aromatic heterocycles. The van der Waals surface area contributed by atoms with Gasteiger partial charge >= 0.3 is 0 Å². The lowest BCUT2D eigenvalue weighted by atomic mass is 10.3. The van der Waals surface area contributed by atoms with Gasteiger partial charge in [0.2, 0.25) is 5.91 Å². The van der Waals surface area contributed by atoms with Crippen LogP contribution in [0.1, 0.15) is 6.42 Å². The summed E-state index contributed by atoms with van der Waals surface area (Å²) in [5.41, 5.74) is -0.596. The lowest BCUT2D eigenvalue weighted by Gasteiger charge is -2.08. The predicted octanol–water partition coefficient (Wildman–Crippen LogP) is 3.42. The maximum atomic E-state index is 13.4. The van der Waals surface area contributed by atoms with Crippen LogP contribution < -0.4 is 5.32 Å². The third-order valence-corrected chi connectivity index (χ3v) is 4.98. The second kappa shape index (κ2) is 7.06. The molecular formula is C15H12ClF2NO3S. The SMILES string of the molecule is O=C(CCS(=O)(=O)c1ccc(Cl)cc1)Nc1c(F)cccc1F. The van der Waals surface area contributed by atoms with Gasteiger partial charge in [-0.1, -0.05) is 17.7 Å². The quantitative estimate of drug-likeness (QED) is 0.889. The smallest absolute Gasteiger partial charge is 0.225 e. The molecule has 0 saturated carbocycles. The molecule has 8 heteroatoms. The molecule has 122 valence electrons. The van der Waals surface area contributed by atoms with Crippen molar-refractivity contribution in [1.29, 1.82) is 0 Å². The Balaban J connectivity index is 2.03. The number of anilines is 1. The molecule has 4 nitrogen and oxygen atoms in total. The maximum Gasteiger partial charge on any atom is 0.225 e. The number of rotatable bonds is 5. The second-order valence-corrected chi connectivity index (χ2v) is 7.21. The van der Waals surface area contributed by atoms with Gasteiger partial charge in [-0.15, -0.1) is 0 Å².